The summed E-state index contributed by atoms with van der Waals surface area (Å²) >= 11 is 0. The van der Waals surface area contributed by atoms with E-state index in [0.717, 1.165) is 38.9 Å². The van der Waals surface area contributed by atoms with E-state index in [2.05, 4.69) is 17.2 Å². The lowest BCUT2D eigenvalue weighted by Gasteiger charge is -2.45. The summed E-state index contributed by atoms with van der Waals surface area (Å²) in [5.41, 5.74) is 5.82. The van der Waals surface area contributed by atoms with Crippen LogP contribution in [0.25, 0.3) is 22.3 Å². The molecular formula is C54H54F4N4O4. The second-order valence-corrected chi connectivity index (χ2v) is 17.1. The predicted octanol–water partition coefficient (Wildman–Crippen LogP) is 11.3. The summed E-state index contributed by atoms with van der Waals surface area (Å²) in [7, 11) is 0. The van der Waals surface area contributed by atoms with Crippen LogP contribution in [0.3, 0.4) is 0 Å². The largest absolute Gasteiger partial charge is 0.394 e. The van der Waals surface area contributed by atoms with Gasteiger partial charge in [-0.25, -0.2) is 27.2 Å². The Morgan fingerprint density at radius 3 is 1.23 bits per heavy atom. The SMILES string of the molecule is C=CC[C@@]1(c2ccc(F)cc2)CCN([C@@H](C)c2ccc(-c3ccc(F)cc3)cc2)C(=O)N1.C[C@@H](c1ccc(-c2ccc(F)cc2)cc1)N1CC[C@@](CC(O)CO)(c2ccc(F)cc2)NC1=O. The smallest absolute Gasteiger partial charge is 0.318 e. The van der Waals surface area contributed by atoms with Crippen molar-refractivity contribution in [1.82, 2.24) is 20.4 Å². The molecule has 0 aromatic heterocycles. The van der Waals surface area contributed by atoms with Crippen molar-refractivity contribution in [1.29, 1.82) is 0 Å². The van der Waals surface area contributed by atoms with Gasteiger partial charge in [0, 0.05) is 19.5 Å². The maximum Gasteiger partial charge on any atom is 0.318 e. The van der Waals surface area contributed by atoms with Gasteiger partial charge in [0.05, 0.1) is 35.9 Å². The maximum atomic E-state index is 13.5. The fraction of sp³-hybridized carbons (Fsp3) is 0.259. The quantitative estimate of drug-likeness (QED) is 0.0684. The lowest BCUT2D eigenvalue weighted by molar-refractivity contribution is 0.0441. The maximum absolute atomic E-state index is 13.5. The van der Waals surface area contributed by atoms with Gasteiger partial charge in [0.1, 0.15) is 23.3 Å². The summed E-state index contributed by atoms with van der Waals surface area (Å²) in [5.74, 6) is -1.23. The second kappa shape index (κ2) is 20.6. The average Bonchev–Trinajstić information content (AvgIpc) is 3.32. The molecular weight excluding hydrogens is 845 g/mol. The minimum atomic E-state index is -1.02. The molecule has 4 amide bonds. The summed E-state index contributed by atoms with van der Waals surface area (Å²) in [6.45, 7) is 8.35. The number of nitrogens with zero attached hydrogens (tertiary/aromatic N) is 2. The topological polar surface area (TPSA) is 105 Å². The van der Waals surface area contributed by atoms with Crippen molar-refractivity contribution >= 4 is 12.1 Å². The first kappa shape index (κ1) is 47.2. The van der Waals surface area contributed by atoms with Crippen molar-refractivity contribution in [3.05, 3.63) is 204 Å². The number of nitrogens with one attached hydrogen (secondary N) is 2. The van der Waals surface area contributed by atoms with Gasteiger partial charge in [0.2, 0.25) is 0 Å². The number of rotatable bonds is 13. The molecule has 0 saturated carbocycles. The fourth-order valence-electron chi connectivity index (χ4n) is 9.02. The molecule has 0 spiro atoms. The second-order valence-electron chi connectivity index (χ2n) is 17.1. The molecule has 8 rings (SSSR count). The molecule has 66 heavy (non-hydrogen) atoms. The minimum Gasteiger partial charge on any atom is -0.394 e. The van der Waals surface area contributed by atoms with Gasteiger partial charge in [0.25, 0.3) is 0 Å². The van der Waals surface area contributed by atoms with Gasteiger partial charge in [-0.15, -0.1) is 6.58 Å². The number of amides is 4. The Labute approximate surface area is 383 Å². The van der Waals surface area contributed by atoms with Crippen LogP contribution < -0.4 is 10.6 Å². The molecule has 342 valence electrons. The molecule has 2 aliphatic rings. The monoisotopic (exact) mass is 898 g/mol. The van der Waals surface area contributed by atoms with E-state index in [1.54, 1.807) is 59.5 Å². The van der Waals surface area contributed by atoms with E-state index in [9.17, 15) is 37.4 Å². The Morgan fingerprint density at radius 1 is 0.561 bits per heavy atom. The zero-order valence-corrected chi connectivity index (χ0v) is 36.9. The number of aliphatic hydroxyl groups is 2. The van der Waals surface area contributed by atoms with E-state index in [4.69, 9.17) is 0 Å². The molecule has 0 bridgehead atoms. The highest BCUT2D eigenvalue weighted by atomic mass is 19.1. The molecule has 0 radical (unpaired) electrons. The summed E-state index contributed by atoms with van der Waals surface area (Å²) < 4.78 is 53.3. The normalized spacial score (nSPS) is 19.7. The van der Waals surface area contributed by atoms with Crippen molar-refractivity contribution in [2.24, 2.45) is 0 Å². The van der Waals surface area contributed by atoms with Gasteiger partial charge in [0.15, 0.2) is 0 Å². The number of aliphatic hydroxyl groups excluding tert-OH is 2. The van der Waals surface area contributed by atoms with E-state index >= 15 is 0 Å². The van der Waals surface area contributed by atoms with E-state index in [0.29, 0.717) is 37.9 Å². The van der Waals surface area contributed by atoms with Crippen LogP contribution in [-0.4, -0.2) is 57.9 Å². The number of carbonyl (C=O) groups excluding carboxylic acids is 2. The molecule has 2 fully saturated rings. The van der Waals surface area contributed by atoms with Gasteiger partial charge in [-0.2, -0.15) is 0 Å². The zero-order chi connectivity index (χ0) is 47.0. The Hall–Kier alpha value is -6.76. The first-order chi connectivity index (χ1) is 31.7. The Morgan fingerprint density at radius 2 is 0.879 bits per heavy atom. The Balaban J connectivity index is 0.000000197. The standard InChI is InChI=1S/C27H28F2N2O3.C27H26F2N2O/c1-18(19-2-4-20(5-3-19)21-6-10-23(28)11-7-21)31-15-14-27(30-26(31)34,16-25(33)17-32)22-8-12-24(29)13-9-22;1-3-16-27(23-10-14-25(29)15-11-23)17-18-31(26(32)30-27)19(2)20-4-6-21(7-5-20)22-8-12-24(28)13-9-22/h2-13,18,25,32-33H,14-17H2,1H3,(H,30,34);3-15,19H,1,16-18H2,2H3,(H,30,32)/t18-,25?,27+;19-,27-/m00/s1. The van der Waals surface area contributed by atoms with Crippen LogP contribution in [0.5, 0.6) is 0 Å². The number of urea groups is 2. The van der Waals surface area contributed by atoms with E-state index in [1.807, 2.05) is 67.3 Å². The van der Waals surface area contributed by atoms with E-state index < -0.39 is 23.8 Å². The van der Waals surface area contributed by atoms with Gasteiger partial charge < -0.3 is 30.6 Å². The van der Waals surface area contributed by atoms with Gasteiger partial charge >= 0.3 is 12.1 Å². The molecule has 4 N–H and O–H groups in total. The number of benzene rings is 6. The highest BCUT2D eigenvalue weighted by Crippen LogP contribution is 2.38. The summed E-state index contributed by atoms with van der Waals surface area (Å²) in [4.78, 5) is 29.9. The number of hydrogen-bond donors (Lipinski definition) is 4. The minimum absolute atomic E-state index is 0.118. The Bertz CT molecular complexity index is 2580. The lowest BCUT2D eigenvalue weighted by atomic mass is 9.80. The first-order valence-corrected chi connectivity index (χ1v) is 22.0. The van der Waals surface area contributed by atoms with Crippen LogP contribution in [0.2, 0.25) is 0 Å². The molecule has 1 unspecified atom stereocenters. The molecule has 0 aliphatic carbocycles. The van der Waals surface area contributed by atoms with Crippen LogP contribution in [-0.2, 0) is 11.1 Å². The molecule has 6 aromatic carbocycles. The van der Waals surface area contributed by atoms with Crippen LogP contribution in [0, 0.1) is 23.3 Å². The first-order valence-electron chi connectivity index (χ1n) is 22.0. The molecule has 6 aromatic rings. The number of carbonyl (C=O) groups is 2. The third kappa shape index (κ3) is 10.7. The third-order valence-corrected chi connectivity index (χ3v) is 12.9. The summed E-state index contributed by atoms with van der Waals surface area (Å²) in [6.07, 6.45) is 2.63. The highest BCUT2D eigenvalue weighted by Gasteiger charge is 2.43. The van der Waals surface area contributed by atoms with Crippen molar-refractivity contribution < 1.29 is 37.4 Å². The zero-order valence-electron chi connectivity index (χ0n) is 36.9. The van der Waals surface area contributed by atoms with Gasteiger partial charge in [-0.05, 0) is 126 Å². The van der Waals surface area contributed by atoms with Crippen molar-refractivity contribution in [3.8, 4) is 22.3 Å². The van der Waals surface area contributed by atoms with Crippen LogP contribution >= 0.6 is 0 Å². The summed E-state index contributed by atoms with van der Waals surface area (Å²) in [5, 5.41) is 25.7. The van der Waals surface area contributed by atoms with Crippen molar-refractivity contribution in [3.63, 3.8) is 0 Å². The predicted molar refractivity (Wildman–Crippen MR) is 249 cm³/mol. The average molecular weight is 899 g/mol. The molecule has 2 aliphatic heterocycles. The molecule has 2 saturated heterocycles. The molecule has 5 atom stereocenters. The van der Waals surface area contributed by atoms with Crippen molar-refractivity contribution in [2.45, 2.75) is 68.8 Å². The van der Waals surface area contributed by atoms with E-state index in [-0.39, 0.29) is 53.8 Å². The van der Waals surface area contributed by atoms with Crippen LogP contribution in [0.4, 0.5) is 27.2 Å². The van der Waals surface area contributed by atoms with E-state index in [1.165, 1.54) is 48.5 Å². The fourth-order valence-corrected chi connectivity index (χ4v) is 9.02. The van der Waals surface area contributed by atoms with Crippen molar-refractivity contribution in [2.75, 3.05) is 19.7 Å². The number of hydrogen-bond acceptors (Lipinski definition) is 4. The Kier molecular flexibility index (Phi) is 14.7. The number of halogens is 4. The lowest BCUT2D eigenvalue weighted by Crippen LogP contribution is -2.59. The molecule has 12 heteroatoms. The van der Waals surface area contributed by atoms with Crippen LogP contribution in [0.1, 0.15) is 73.9 Å². The molecule has 2 heterocycles. The highest BCUT2D eigenvalue weighted by molar-refractivity contribution is 5.78. The third-order valence-electron chi connectivity index (χ3n) is 12.9. The summed E-state index contributed by atoms with van der Waals surface area (Å²) in [6, 6.07) is 39.8. The van der Waals surface area contributed by atoms with Gasteiger partial charge in [-0.3, -0.25) is 0 Å². The molecule has 8 nitrogen and oxygen atoms in total. The van der Waals surface area contributed by atoms with Crippen LogP contribution in [0.15, 0.2) is 158 Å². The van der Waals surface area contributed by atoms with Gasteiger partial charge in [-0.1, -0.05) is 103 Å².